The van der Waals surface area contributed by atoms with Gasteiger partial charge in [0.2, 0.25) is 21.8 Å². The Morgan fingerprint density at radius 3 is 2.32 bits per heavy atom. The molecule has 3 N–H and O–H groups in total. The summed E-state index contributed by atoms with van der Waals surface area (Å²) in [7, 11) is -3.61. The Morgan fingerprint density at radius 2 is 1.73 bits per heavy atom. The average Bonchev–Trinajstić information content (AvgIpc) is 2.45. The van der Waals surface area contributed by atoms with Gasteiger partial charge >= 0.3 is 0 Å². The van der Waals surface area contributed by atoms with Crippen LogP contribution in [0.1, 0.15) is 20.3 Å². The van der Waals surface area contributed by atoms with Crippen LogP contribution in [0.3, 0.4) is 0 Å². The molecule has 1 rings (SSSR count). The third-order valence-corrected chi connectivity index (χ3v) is 4.07. The van der Waals surface area contributed by atoms with Crippen molar-refractivity contribution in [1.82, 2.24) is 15.4 Å². The van der Waals surface area contributed by atoms with Crippen LogP contribution < -0.4 is 15.4 Å². The summed E-state index contributed by atoms with van der Waals surface area (Å²) in [6.07, 6.45) is -0.0407. The zero-order valence-corrected chi connectivity index (χ0v) is 13.4. The van der Waals surface area contributed by atoms with Crippen molar-refractivity contribution in [2.24, 2.45) is 0 Å². The molecule has 0 saturated heterocycles. The van der Waals surface area contributed by atoms with Crippen LogP contribution in [0.25, 0.3) is 0 Å². The molecule has 122 valence electrons. The fraction of sp³-hybridized carbons (Fsp3) is 0.429. The summed E-state index contributed by atoms with van der Waals surface area (Å²) in [6.45, 7) is 3.48. The van der Waals surface area contributed by atoms with E-state index in [0.29, 0.717) is 0 Å². The number of nitrogens with one attached hydrogen (secondary N) is 3. The maximum absolute atomic E-state index is 11.9. The molecule has 0 saturated carbocycles. The van der Waals surface area contributed by atoms with Crippen LogP contribution in [0.4, 0.5) is 0 Å². The lowest BCUT2D eigenvalue weighted by atomic mass is 10.3. The van der Waals surface area contributed by atoms with Gasteiger partial charge in [0, 0.05) is 19.0 Å². The van der Waals surface area contributed by atoms with Crippen molar-refractivity contribution in [2.45, 2.75) is 31.2 Å². The fourth-order valence-corrected chi connectivity index (χ4v) is 2.68. The lowest BCUT2D eigenvalue weighted by Gasteiger charge is -2.09. The van der Waals surface area contributed by atoms with Crippen LogP contribution >= 0.6 is 0 Å². The first kappa shape index (κ1) is 18.1. The molecule has 0 aromatic heterocycles. The van der Waals surface area contributed by atoms with Crippen LogP contribution in [0, 0.1) is 0 Å². The molecular formula is C14H21N3O4S. The predicted octanol–water partition coefficient (Wildman–Crippen LogP) is -0.00420. The van der Waals surface area contributed by atoms with Gasteiger partial charge in [0.05, 0.1) is 11.4 Å². The minimum Gasteiger partial charge on any atom is -0.352 e. The number of benzene rings is 1. The molecule has 0 bridgehead atoms. The molecule has 1 aromatic carbocycles. The summed E-state index contributed by atoms with van der Waals surface area (Å²) in [4.78, 5) is 23.0. The minimum atomic E-state index is -3.61. The number of carbonyl (C=O) groups is 2. The van der Waals surface area contributed by atoms with Gasteiger partial charge in [0.1, 0.15) is 0 Å². The highest BCUT2D eigenvalue weighted by molar-refractivity contribution is 7.89. The van der Waals surface area contributed by atoms with E-state index in [1.165, 1.54) is 12.1 Å². The van der Waals surface area contributed by atoms with Gasteiger partial charge in [0.25, 0.3) is 0 Å². The van der Waals surface area contributed by atoms with Gasteiger partial charge in [-0.2, -0.15) is 0 Å². The van der Waals surface area contributed by atoms with Crippen molar-refractivity contribution in [3.8, 4) is 0 Å². The van der Waals surface area contributed by atoms with Gasteiger partial charge in [-0.3, -0.25) is 9.59 Å². The SMILES string of the molecule is CC(C)NC(=O)CNC(=O)CCNS(=O)(=O)c1ccccc1. The number of sulfonamides is 1. The van der Waals surface area contributed by atoms with Crippen LogP contribution in [0.15, 0.2) is 35.2 Å². The number of amides is 2. The minimum absolute atomic E-state index is 0.00193. The molecule has 0 heterocycles. The van der Waals surface area contributed by atoms with E-state index >= 15 is 0 Å². The maximum Gasteiger partial charge on any atom is 0.240 e. The van der Waals surface area contributed by atoms with E-state index < -0.39 is 15.9 Å². The number of rotatable bonds is 8. The van der Waals surface area contributed by atoms with Gasteiger partial charge < -0.3 is 10.6 Å². The highest BCUT2D eigenvalue weighted by atomic mass is 32.2. The summed E-state index contributed by atoms with van der Waals surface area (Å²) in [5.41, 5.74) is 0. The Kier molecular flexibility index (Phi) is 7.00. The van der Waals surface area contributed by atoms with Crippen molar-refractivity contribution in [2.75, 3.05) is 13.1 Å². The second-order valence-electron chi connectivity index (χ2n) is 4.96. The van der Waals surface area contributed by atoms with E-state index in [1.54, 1.807) is 18.2 Å². The molecule has 8 heteroatoms. The molecule has 0 aliphatic rings. The van der Waals surface area contributed by atoms with Crippen molar-refractivity contribution in [3.05, 3.63) is 30.3 Å². The fourth-order valence-electron chi connectivity index (χ4n) is 1.62. The molecular weight excluding hydrogens is 306 g/mol. The molecule has 0 atom stereocenters. The van der Waals surface area contributed by atoms with Gasteiger partial charge in [-0.1, -0.05) is 18.2 Å². The quantitative estimate of drug-likeness (QED) is 0.625. The normalized spacial score (nSPS) is 11.2. The van der Waals surface area contributed by atoms with Gasteiger partial charge in [-0.05, 0) is 26.0 Å². The smallest absolute Gasteiger partial charge is 0.240 e. The van der Waals surface area contributed by atoms with Gasteiger partial charge in [-0.15, -0.1) is 0 Å². The van der Waals surface area contributed by atoms with E-state index in [-0.39, 0.29) is 36.4 Å². The Labute approximate surface area is 130 Å². The van der Waals surface area contributed by atoms with Crippen molar-refractivity contribution in [3.63, 3.8) is 0 Å². The van der Waals surface area contributed by atoms with Crippen molar-refractivity contribution in [1.29, 1.82) is 0 Å². The molecule has 0 aliphatic carbocycles. The molecule has 7 nitrogen and oxygen atoms in total. The molecule has 0 radical (unpaired) electrons. The van der Waals surface area contributed by atoms with Crippen LogP contribution in [-0.4, -0.2) is 39.4 Å². The Balaban J connectivity index is 2.32. The molecule has 1 aromatic rings. The molecule has 22 heavy (non-hydrogen) atoms. The van der Waals surface area contributed by atoms with Crippen molar-refractivity contribution >= 4 is 21.8 Å². The third kappa shape index (κ3) is 6.68. The molecule has 0 spiro atoms. The van der Waals surface area contributed by atoms with E-state index in [9.17, 15) is 18.0 Å². The molecule has 0 aliphatic heterocycles. The number of carbonyl (C=O) groups excluding carboxylic acids is 2. The Morgan fingerprint density at radius 1 is 1.09 bits per heavy atom. The lowest BCUT2D eigenvalue weighted by molar-refractivity contribution is -0.126. The first-order valence-electron chi connectivity index (χ1n) is 6.92. The van der Waals surface area contributed by atoms with E-state index in [4.69, 9.17) is 0 Å². The summed E-state index contributed by atoms with van der Waals surface area (Å²) < 4.78 is 26.1. The monoisotopic (exact) mass is 327 g/mol. The third-order valence-electron chi connectivity index (χ3n) is 2.59. The van der Waals surface area contributed by atoms with E-state index in [2.05, 4.69) is 15.4 Å². The summed E-state index contributed by atoms with van der Waals surface area (Å²) in [5, 5.41) is 5.06. The predicted molar refractivity (Wildman–Crippen MR) is 82.5 cm³/mol. The van der Waals surface area contributed by atoms with Gasteiger partial charge in [-0.25, -0.2) is 13.1 Å². The zero-order chi connectivity index (χ0) is 16.6. The topological polar surface area (TPSA) is 104 Å². The molecule has 2 amide bonds. The zero-order valence-electron chi connectivity index (χ0n) is 12.6. The Bertz CT molecular complexity index is 600. The standard InChI is InChI=1S/C14H21N3O4S/c1-11(2)17-14(19)10-15-13(18)8-9-16-22(20,21)12-6-4-3-5-7-12/h3-7,11,16H,8-10H2,1-2H3,(H,15,18)(H,17,19). The largest absolute Gasteiger partial charge is 0.352 e. The summed E-state index contributed by atoms with van der Waals surface area (Å²) in [6, 6.07) is 7.90. The molecule has 0 unspecified atom stereocenters. The highest BCUT2D eigenvalue weighted by Crippen LogP contribution is 2.06. The van der Waals surface area contributed by atoms with E-state index in [0.717, 1.165) is 0 Å². The van der Waals surface area contributed by atoms with E-state index in [1.807, 2.05) is 13.8 Å². The summed E-state index contributed by atoms with van der Waals surface area (Å²) in [5.74, 6) is -0.678. The number of hydrogen-bond donors (Lipinski definition) is 3. The van der Waals surface area contributed by atoms with Crippen LogP contribution in [-0.2, 0) is 19.6 Å². The second kappa shape index (κ2) is 8.50. The molecule has 0 fully saturated rings. The van der Waals surface area contributed by atoms with Gasteiger partial charge in [0.15, 0.2) is 0 Å². The van der Waals surface area contributed by atoms with Crippen LogP contribution in [0.2, 0.25) is 0 Å². The summed E-state index contributed by atoms with van der Waals surface area (Å²) >= 11 is 0. The lowest BCUT2D eigenvalue weighted by Crippen LogP contribution is -2.40. The average molecular weight is 327 g/mol. The van der Waals surface area contributed by atoms with Crippen molar-refractivity contribution < 1.29 is 18.0 Å². The first-order chi connectivity index (χ1) is 10.3. The highest BCUT2D eigenvalue weighted by Gasteiger charge is 2.13. The maximum atomic E-state index is 11.9. The Hall–Kier alpha value is -1.93. The van der Waals surface area contributed by atoms with Crippen LogP contribution in [0.5, 0.6) is 0 Å². The first-order valence-corrected chi connectivity index (χ1v) is 8.40. The second-order valence-corrected chi connectivity index (χ2v) is 6.73. The number of hydrogen-bond acceptors (Lipinski definition) is 4.